The third kappa shape index (κ3) is 2.00. The van der Waals surface area contributed by atoms with Crippen LogP contribution in [-0.4, -0.2) is 23.2 Å². The van der Waals surface area contributed by atoms with Gasteiger partial charge in [-0.25, -0.2) is 0 Å². The van der Waals surface area contributed by atoms with Gasteiger partial charge in [0.2, 0.25) is 0 Å². The van der Waals surface area contributed by atoms with Gasteiger partial charge in [0, 0.05) is 29.6 Å². The number of hydrogen-bond donors (Lipinski definition) is 2. The number of carbonyl (C=O) groups excluding carboxylic acids is 1. The fraction of sp³-hybridized carbons (Fsp3) is 0.905. The van der Waals surface area contributed by atoms with Crippen molar-refractivity contribution in [3.63, 3.8) is 0 Å². The minimum Gasteiger partial charge on any atom is -0.396 e. The van der Waals surface area contributed by atoms with Gasteiger partial charge in [0.05, 0.1) is 0 Å². The lowest BCUT2D eigenvalue weighted by Crippen LogP contribution is -2.58. The first kappa shape index (κ1) is 16.8. The van der Waals surface area contributed by atoms with Crippen LogP contribution in [0.2, 0.25) is 0 Å². The Kier molecular flexibility index (Phi) is 3.95. The van der Waals surface area contributed by atoms with E-state index >= 15 is 0 Å². The lowest BCUT2D eigenvalue weighted by molar-refractivity contribution is -0.148. The summed E-state index contributed by atoms with van der Waals surface area (Å²) in [4.78, 5) is 12.5. The SMILES string of the molecule is CC[C@H]1C(=N)CC[C@]2(CO)C3CC[C@]4(C)C(=O)CCC4C3CCC12. The largest absolute Gasteiger partial charge is 0.396 e. The third-order valence-electron chi connectivity index (χ3n) is 8.96. The Morgan fingerprint density at radius 1 is 1.08 bits per heavy atom. The molecule has 2 N–H and O–H groups in total. The molecule has 7 atom stereocenters. The second-order valence-electron chi connectivity index (χ2n) is 9.41. The molecular formula is C21H33NO2. The fourth-order valence-electron chi connectivity index (χ4n) is 7.72. The van der Waals surface area contributed by atoms with Crippen LogP contribution >= 0.6 is 0 Å². The monoisotopic (exact) mass is 331 g/mol. The molecule has 0 amide bonds. The van der Waals surface area contributed by atoms with E-state index in [2.05, 4.69) is 13.8 Å². The molecule has 0 aromatic rings. The molecule has 4 unspecified atom stereocenters. The van der Waals surface area contributed by atoms with Crippen molar-refractivity contribution in [1.82, 2.24) is 0 Å². The van der Waals surface area contributed by atoms with E-state index in [0.717, 1.165) is 57.1 Å². The molecule has 0 aliphatic heterocycles. The van der Waals surface area contributed by atoms with E-state index in [9.17, 15) is 9.90 Å². The van der Waals surface area contributed by atoms with E-state index in [-0.39, 0.29) is 10.8 Å². The van der Waals surface area contributed by atoms with Gasteiger partial charge in [-0.15, -0.1) is 0 Å². The molecule has 3 heteroatoms. The number of carbonyl (C=O) groups is 1. The van der Waals surface area contributed by atoms with Gasteiger partial charge in [-0.05, 0) is 81.0 Å². The molecule has 4 saturated carbocycles. The molecule has 4 fully saturated rings. The maximum absolute atomic E-state index is 12.5. The van der Waals surface area contributed by atoms with Crippen LogP contribution in [0.3, 0.4) is 0 Å². The van der Waals surface area contributed by atoms with E-state index in [1.807, 2.05) is 0 Å². The zero-order valence-electron chi connectivity index (χ0n) is 15.3. The van der Waals surface area contributed by atoms with Crippen molar-refractivity contribution in [1.29, 1.82) is 5.41 Å². The Morgan fingerprint density at radius 3 is 2.58 bits per heavy atom. The van der Waals surface area contributed by atoms with Crippen molar-refractivity contribution in [3.05, 3.63) is 0 Å². The summed E-state index contributed by atoms with van der Waals surface area (Å²) in [7, 11) is 0. The van der Waals surface area contributed by atoms with Crippen molar-refractivity contribution < 1.29 is 9.90 Å². The highest BCUT2D eigenvalue weighted by atomic mass is 16.3. The molecule has 3 nitrogen and oxygen atoms in total. The van der Waals surface area contributed by atoms with Crippen LogP contribution in [0.1, 0.15) is 71.6 Å². The maximum atomic E-state index is 12.5. The maximum Gasteiger partial charge on any atom is 0.139 e. The minimum atomic E-state index is -0.0732. The second-order valence-corrected chi connectivity index (χ2v) is 9.41. The van der Waals surface area contributed by atoms with Crippen LogP contribution in [-0.2, 0) is 4.79 Å². The first-order valence-electron chi connectivity index (χ1n) is 10.2. The van der Waals surface area contributed by atoms with Gasteiger partial charge in [0.1, 0.15) is 5.78 Å². The van der Waals surface area contributed by atoms with E-state index in [1.54, 1.807) is 0 Å². The van der Waals surface area contributed by atoms with Crippen LogP contribution in [0.25, 0.3) is 0 Å². The van der Waals surface area contributed by atoms with Crippen LogP contribution < -0.4 is 0 Å². The topological polar surface area (TPSA) is 61.1 Å². The first-order chi connectivity index (χ1) is 11.5. The number of rotatable bonds is 2. The molecule has 0 heterocycles. The van der Waals surface area contributed by atoms with Gasteiger partial charge in [-0.2, -0.15) is 0 Å². The molecule has 0 spiro atoms. The van der Waals surface area contributed by atoms with Crippen LogP contribution in [0.15, 0.2) is 0 Å². The predicted octanol–water partition coefficient (Wildman–Crippen LogP) is 4.23. The number of aliphatic hydroxyl groups is 1. The Bertz CT molecular complexity index is 558. The number of ketones is 1. The van der Waals surface area contributed by atoms with Crippen LogP contribution in [0, 0.1) is 45.8 Å². The second kappa shape index (κ2) is 5.65. The lowest BCUT2D eigenvalue weighted by Gasteiger charge is -2.61. The van der Waals surface area contributed by atoms with Gasteiger partial charge >= 0.3 is 0 Å². The average Bonchev–Trinajstić information content (AvgIpc) is 2.90. The summed E-state index contributed by atoms with van der Waals surface area (Å²) >= 11 is 0. The summed E-state index contributed by atoms with van der Waals surface area (Å²) in [6.07, 6.45) is 9.30. The molecule has 0 aromatic heterocycles. The summed E-state index contributed by atoms with van der Waals surface area (Å²) in [6.45, 7) is 4.73. The number of fused-ring (bicyclic) bond motifs is 5. The zero-order valence-corrected chi connectivity index (χ0v) is 15.3. The summed E-state index contributed by atoms with van der Waals surface area (Å²) in [5.41, 5.74) is 0.888. The molecule has 0 aromatic carbocycles. The molecule has 0 saturated heterocycles. The molecule has 4 aliphatic carbocycles. The summed E-state index contributed by atoms with van der Waals surface area (Å²) in [6, 6.07) is 0. The Labute approximate surface area is 146 Å². The molecular weight excluding hydrogens is 298 g/mol. The van der Waals surface area contributed by atoms with Crippen LogP contribution in [0.4, 0.5) is 0 Å². The van der Waals surface area contributed by atoms with E-state index < -0.39 is 0 Å². The molecule has 134 valence electrons. The van der Waals surface area contributed by atoms with Crippen molar-refractivity contribution in [2.75, 3.05) is 6.61 Å². The third-order valence-corrected chi connectivity index (χ3v) is 8.96. The number of hydrogen-bond acceptors (Lipinski definition) is 3. The van der Waals surface area contributed by atoms with Gasteiger partial charge in [-0.3, -0.25) is 4.79 Å². The molecule has 4 aliphatic rings. The van der Waals surface area contributed by atoms with E-state index in [0.29, 0.717) is 42.0 Å². The van der Waals surface area contributed by atoms with Gasteiger partial charge < -0.3 is 10.5 Å². The predicted molar refractivity (Wildman–Crippen MR) is 95.0 cm³/mol. The van der Waals surface area contributed by atoms with E-state index in [1.165, 1.54) is 6.42 Å². The standard InChI is InChI=1S/C21H33NO2/c1-3-13-16-5-4-14-15-6-7-19(24)20(15,2)10-8-17(14)21(16,12-23)11-9-18(13)22/h13-17,22-23H,3-12H2,1-2H3/t13-,14?,15?,16?,17?,20+,21-/m1/s1. The Balaban J connectivity index is 1.69. The quantitative estimate of drug-likeness (QED) is 0.795. The van der Waals surface area contributed by atoms with Crippen molar-refractivity contribution in [2.45, 2.75) is 71.6 Å². The highest BCUT2D eigenvalue weighted by Crippen LogP contribution is 2.66. The van der Waals surface area contributed by atoms with Crippen molar-refractivity contribution in [3.8, 4) is 0 Å². The Hall–Kier alpha value is -0.700. The van der Waals surface area contributed by atoms with Crippen molar-refractivity contribution >= 4 is 11.5 Å². The van der Waals surface area contributed by atoms with Crippen molar-refractivity contribution in [2.24, 2.45) is 40.4 Å². The average molecular weight is 332 g/mol. The molecule has 0 radical (unpaired) electrons. The first-order valence-corrected chi connectivity index (χ1v) is 10.2. The zero-order chi connectivity index (χ0) is 17.1. The highest BCUT2D eigenvalue weighted by Gasteiger charge is 2.62. The molecule has 4 rings (SSSR count). The summed E-state index contributed by atoms with van der Waals surface area (Å²) in [5, 5.41) is 18.9. The number of aliphatic hydroxyl groups excluding tert-OH is 1. The number of nitrogens with one attached hydrogen (secondary N) is 1. The smallest absolute Gasteiger partial charge is 0.139 e. The van der Waals surface area contributed by atoms with Crippen LogP contribution in [0.5, 0.6) is 0 Å². The van der Waals surface area contributed by atoms with E-state index in [4.69, 9.17) is 5.41 Å². The molecule has 24 heavy (non-hydrogen) atoms. The van der Waals surface area contributed by atoms with Gasteiger partial charge in [0.15, 0.2) is 0 Å². The van der Waals surface area contributed by atoms with Gasteiger partial charge in [0.25, 0.3) is 0 Å². The lowest BCUT2D eigenvalue weighted by atomic mass is 9.43. The minimum absolute atomic E-state index is 0.0289. The normalized spacial score (nSPS) is 51.0. The molecule has 0 bridgehead atoms. The highest BCUT2D eigenvalue weighted by molar-refractivity contribution is 5.87. The number of Topliss-reactive ketones (excluding diaryl/α,β-unsaturated/α-hetero) is 1. The van der Waals surface area contributed by atoms with Gasteiger partial charge in [-0.1, -0.05) is 13.8 Å². The summed E-state index contributed by atoms with van der Waals surface area (Å²) < 4.78 is 0. The summed E-state index contributed by atoms with van der Waals surface area (Å²) in [5.74, 6) is 3.13. The Morgan fingerprint density at radius 2 is 1.88 bits per heavy atom. The fourth-order valence-corrected chi connectivity index (χ4v) is 7.72.